The standard InChI is InChI=1S/C11H12N2.ClH/c12-8-9-3-1-4-10(7-9)11-5-2-6-13-11;/h1,3-4,7,11,13H,2,5-6H2;1H. The zero-order chi connectivity index (χ0) is 9.10. The van der Waals surface area contributed by atoms with Crippen molar-refractivity contribution < 1.29 is 0 Å². The minimum Gasteiger partial charge on any atom is -0.310 e. The number of nitriles is 1. The smallest absolute Gasteiger partial charge is 0.0991 e. The lowest BCUT2D eigenvalue weighted by molar-refractivity contribution is 0.647. The first kappa shape index (κ1) is 11.0. The number of benzene rings is 1. The van der Waals surface area contributed by atoms with E-state index < -0.39 is 0 Å². The van der Waals surface area contributed by atoms with Gasteiger partial charge in [0, 0.05) is 6.04 Å². The number of hydrogen-bond donors (Lipinski definition) is 1. The number of nitrogens with one attached hydrogen (secondary N) is 1. The minimum atomic E-state index is 0. The number of hydrogen-bond acceptors (Lipinski definition) is 2. The lowest BCUT2D eigenvalue weighted by Gasteiger charge is -2.09. The topological polar surface area (TPSA) is 35.8 Å². The number of halogens is 1. The normalized spacial score (nSPS) is 19.8. The summed E-state index contributed by atoms with van der Waals surface area (Å²) >= 11 is 0. The molecule has 2 rings (SSSR count). The van der Waals surface area contributed by atoms with Crippen LogP contribution >= 0.6 is 12.4 Å². The Hall–Kier alpha value is -1.04. The first-order valence-corrected chi connectivity index (χ1v) is 4.63. The molecule has 0 saturated carbocycles. The molecule has 2 nitrogen and oxygen atoms in total. The molecule has 1 aromatic carbocycles. The van der Waals surface area contributed by atoms with Crippen LogP contribution in [0.5, 0.6) is 0 Å². The van der Waals surface area contributed by atoms with Crippen molar-refractivity contribution in [2.75, 3.05) is 6.54 Å². The van der Waals surface area contributed by atoms with Gasteiger partial charge in [-0.05, 0) is 37.1 Å². The molecule has 1 aliphatic heterocycles. The average Bonchev–Trinajstić information content (AvgIpc) is 2.71. The van der Waals surface area contributed by atoms with E-state index in [0.717, 1.165) is 12.1 Å². The first-order valence-electron chi connectivity index (χ1n) is 4.63. The predicted octanol–water partition coefficient (Wildman–Crippen LogP) is 2.40. The quantitative estimate of drug-likeness (QED) is 0.770. The fourth-order valence-electron chi connectivity index (χ4n) is 1.79. The minimum absolute atomic E-state index is 0. The van der Waals surface area contributed by atoms with E-state index in [-0.39, 0.29) is 12.4 Å². The van der Waals surface area contributed by atoms with Crippen LogP contribution in [0.1, 0.15) is 30.0 Å². The van der Waals surface area contributed by atoms with Gasteiger partial charge < -0.3 is 5.32 Å². The Morgan fingerprint density at radius 1 is 1.43 bits per heavy atom. The fourth-order valence-corrected chi connectivity index (χ4v) is 1.79. The van der Waals surface area contributed by atoms with Gasteiger partial charge in [-0.2, -0.15) is 5.26 Å². The summed E-state index contributed by atoms with van der Waals surface area (Å²) in [6.45, 7) is 1.10. The zero-order valence-electron chi connectivity index (χ0n) is 7.86. The van der Waals surface area contributed by atoms with E-state index in [1.165, 1.54) is 18.4 Å². The van der Waals surface area contributed by atoms with Crippen molar-refractivity contribution in [2.24, 2.45) is 0 Å². The van der Waals surface area contributed by atoms with E-state index >= 15 is 0 Å². The summed E-state index contributed by atoms with van der Waals surface area (Å²) < 4.78 is 0. The van der Waals surface area contributed by atoms with E-state index in [4.69, 9.17) is 5.26 Å². The van der Waals surface area contributed by atoms with E-state index in [2.05, 4.69) is 17.5 Å². The van der Waals surface area contributed by atoms with Crippen LogP contribution in [-0.2, 0) is 0 Å². The Kier molecular flexibility index (Phi) is 3.94. The Balaban J connectivity index is 0.000000980. The molecule has 1 fully saturated rings. The molecule has 0 radical (unpaired) electrons. The van der Waals surface area contributed by atoms with Crippen molar-refractivity contribution in [3.63, 3.8) is 0 Å². The maximum Gasteiger partial charge on any atom is 0.0991 e. The molecular weight excluding hydrogens is 196 g/mol. The van der Waals surface area contributed by atoms with E-state index in [1.54, 1.807) is 0 Å². The summed E-state index contributed by atoms with van der Waals surface area (Å²) in [6.07, 6.45) is 2.43. The van der Waals surface area contributed by atoms with Gasteiger partial charge in [0.05, 0.1) is 11.6 Å². The van der Waals surface area contributed by atoms with Crippen LogP contribution in [0, 0.1) is 11.3 Å². The molecule has 1 aromatic rings. The molecule has 1 N–H and O–H groups in total. The maximum atomic E-state index is 8.73. The molecule has 1 heterocycles. The molecule has 0 aromatic heterocycles. The molecule has 0 spiro atoms. The Labute approximate surface area is 90.3 Å². The highest BCUT2D eigenvalue weighted by Gasteiger charge is 2.15. The molecule has 1 unspecified atom stereocenters. The van der Waals surface area contributed by atoms with Crippen molar-refractivity contribution in [1.82, 2.24) is 5.32 Å². The van der Waals surface area contributed by atoms with E-state index in [0.29, 0.717) is 6.04 Å². The van der Waals surface area contributed by atoms with Gasteiger partial charge in [0.25, 0.3) is 0 Å². The summed E-state index contributed by atoms with van der Waals surface area (Å²) in [7, 11) is 0. The van der Waals surface area contributed by atoms with Crippen molar-refractivity contribution in [3.8, 4) is 6.07 Å². The summed E-state index contributed by atoms with van der Waals surface area (Å²) in [6, 6.07) is 10.5. The zero-order valence-corrected chi connectivity index (χ0v) is 8.68. The molecule has 0 bridgehead atoms. The number of rotatable bonds is 1. The maximum absolute atomic E-state index is 8.73. The molecule has 0 amide bonds. The second kappa shape index (κ2) is 4.99. The average molecular weight is 209 g/mol. The van der Waals surface area contributed by atoms with E-state index in [1.807, 2.05) is 18.2 Å². The second-order valence-corrected chi connectivity index (χ2v) is 3.39. The monoisotopic (exact) mass is 208 g/mol. The summed E-state index contributed by atoms with van der Waals surface area (Å²) in [5.74, 6) is 0. The summed E-state index contributed by atoms with van der Waals surface area (Å²) in [4.78, 5) is 0. The van der Waals surface area contributed by atoms with Crippen LogP contribution in [0.2, 0.25) is 0 Å². The van der Waals surface area contributed by atoms with Gasteiger partial charge in [0.1, 0.15) is 0 Å². The predicted molar refractivity (Wildman–Crippen MR) is 58.4 cm³/mol. The largest absolute Gasteiger partial charge is 0.310 e. The van der Waals surface area contributed by atoms with Crippen molar-refractivity contribution in [3.05, 3.63) is 35.4 Å². The highest BCUT2D eigenvalue weighted by atomic mass is 35.5. The third-order valence-electron chi connectivity index (χ3n) is 2.48. The van der Waals surface area contributed by atoms with Crippen molar-refractivity contribution >= 4 is 12.4 Å². The van der Waals surface area contributed by atoms with Gasteiger partial charge in [-0.1, -0.05) is 12.1 Å². The second-order valence-electron chi connectivity index (χ2n) is 3.39. The van der Waals surface area contributed by atoms with Gasteiger partial charge in [0.2, 0.25) is 0 Å². The van der Waals surface area contributed by atoms with Gasteiger partial charge in [-0.3, -0.25) is 0 Å². The van der Waals surface area contributed by atoms with Crippen molar-refractivity contribution in [2.45, 2.75) is 18.9 Å². The van der Waals surface area contributed by atoms with Gasteiger partial charge in [-0.15, -0.1) is 12.4 Å². The Morgan fingerprint density at radius 2 is 2.29 bits per heavy atom. The highest BCUT2D eigenvalue weighted by molar-refractivity contribution is 5.85. The van der Waals surface area contributed by atoms with Crippen LogP contribution in [0.3, 0.4) is 0 Å². The van der Waals surface area contributed by atoms with Crippen LogP contribution < -0.4 is 5.32 Å². The molecule has 14 heavy (non-hydrogen) atoms. The molecule has 74 valence electrons. The summed E-state index contributed by atoms with van der Waals surface area (Å²) in [5.41, 5.74) is 2.00. The van der Waals surface area contributed by atoms with Crippen LogP contribution in [0.15, 0.2) is 24.3 Å². The van der Waals surface area contributed by atoms with Crippen LogP contribution in [0.4, 0.5) is 0 Å². The summed E-state index contributed by atoms with van der Waals surface area (Å²) in [5, 5.41) is 12.1. The molecular formula is C11H13ClN2. The lowest BCUT2D eigenvalue weighted by Crippen LogP contribution is -2.12. The third-order valence-corrected chi connectivity index (χ3v) is 2.48. The molecule has 1 atom stereocenters. The van der Waals surface area contributed by atoms with Gasteiger partial charge >= 0.3 is 0 Å². The SMILES string of the molecule is Cl.N#Cc1cccc(C2CCCN2)c1. The van der Waals surface area contributed by atoms with Gasteiger partial charge in [-0.25, -0.2) is 0 Å². The fraction of sp³-hybridized carbons (Fsp3) is 0.364. The first-order chi connectivity index (χ1) is 6.40. The Morgan fingerprint density at radius 3 is 2.93 bits per heavy atom. The molecule has 1 aliphatic rings. The Bertz CT molecular complexity index is 337. The molecule has 3 heteroatoms. The lowest BCUT2D eigenvalue weighted by atomic mass is 10.0. The van der Waals surface area contributed by atoms with Gasteiger partial charge in [0.15, 0.2) is 0 Å². The third kappa shape index (κ3) is 2.25. The number of nitrogens with zero attached hydrogens (tertiary/aromatic N) is 1. The van der Waals surface area contributed by atoms with E-state index in [9.17, 15) is 0 Å². The van der Waals surface area contributed by atoms with Crippen LogP contribution in [-0.4, -0.2) is 6.54 Å². The molecule has 1 saturated heterocycles. The van der Waals surface area contributed by atoms with Crippen molar-refractivity contribution in [1.29, 1.82) is 5.26 Å². The highest BCUT2D eigenvalue weighted by Crippen LogP contribution is 2.23. The van der Waals surface area contributed by atoms with Crippen LogP contribution in [0.25, 0.3) is 0 Å². The molecule has 0 aliphatic carbocycles.